The summed E-state index contributed by atoms with van der Waals surface area (Å²) < 4.78 is 5.65. The Balaban J connectivity index is 1.16. The number of amides is 2. The number of hydrogen-bond acceptors (Lipinski definition) is 6. The number of aromatic nitrogens is 1. The number of urea groups is 1. The second-order valence-corrected chi connectivity index (χ2v) is 11.0. The SMILES string of the molecule is COc1ccc(C2CCCCC2)cc1-c1csc(NC(=O)N2CCN(CCN3CCCC3)CC2)n1. The Hall–Kier alpha value is -2.16. The van der Waals surface area contributed by atoms with E-state index in [-0.39, 0.29) is 6.03 Å². The topological polar surface area (TPSA) is 60.9 Å². The molecule has 1 aliphatic carbocycles. The van der Waals surface area contributed by atoms with Crippen LogP contribution in [-0.2, 0) is 0 Å². The van der Waals surface area contributed by atoms with Gasteiger partial charge in [0.15, 0.2) is 5.13 Å². The quantitative estimate of drug-likeness (QED) is 0.576. The van der Waals surface area contributed by atoms with Crippen LogP contribution in [-0.4, -0.2) is 85.2 Å². The van der Waals surface area contributed by atoms with Crippen LogP contribution in [0.25, 0.3) is 11.3 Å². The standard InChI is InChI=1S/C27H39N5O2S/c1-34-25-10-9-22(21-7-3-2-4-8-21)19-23(25)24-20-35-26(28-24)29-27(33)32-17-15-31(16-18-32)14-13-30-11-5-6-12-30/h9-10,19-21H,2-8,11-18H2,1H3,(H,28,29,33). The summed E-state index contributed by atoms with van der Waals surface area (Å²) in [6, 6.07) is 6.47. The number of carbonyl (C=O) groups is 1. The Morgan fingerprint density at radius 1 is 1.00 bits per heavy atom. The molecule has 190 valence electrons. The first-order valence-electron chi connectivity index (χ1n) is 13.3. The van der Waals surface area contributed by atoms with E-state index < -0.39 is 0 Å². The minimum Gasteiger partial charge on any atom is -0.496 e. The molecule has 1 saturated carbocycles. The van der Waals surface area contributed by atoms with Crippen molar-refractivity contribution in [3.05, 3.63) is 29.1 Å². The number of hydrogen-bond donors (Lipinski definition) is 1. The molecular weight excluding hydrogens is 458 g/mol. The summed E-state index contributed by atoms with van der Waals surface area (Å²) in [5.74, 6) is 1.46. The Labute approximate surface area is 213 Å². The lowest BCUT2D eigenvalue weighted by Gasteiger charge is -2.35. The Bertz CT molecular complexity index is 976. The number of carbonyl (C=O) groups excluding carboxylic acids is 1. The van der Waals surface area contributed by atoms with E-state index >= 15 is 0 Å². The summed E-state index contributed by atoms with van der Waals surface area (Å²) in [6.45, 7) is 8.16. The third-order valence-electron chi connectivity index (χ3n) is 7.88. The number of nitrogens with zero attached hydrogens (tertiary/aromatic N) is 4. The van der Waals surface area contributed by atoms with E-state index in [0.29, 0.717) is 11.0 Å². The fraction of sp³-hybridized carbons (Fsp3) is 0.630. The molecule has 0 atom stereocenters. The number of anilines is 1. The fourth-order valence-corrected chi connectivity index (χ4v) is 6.40. The van der Waals surface area contributed by atoms with Crippen molar-refractivity contribution in [2.24, 2.45) is 0 Å². The molecule has 0 spiro atoms. The van der Waals surface area contributed by atoms with Crippen molar-refractivity contribution >= 4 is 22.5 Å². The molecule has 1 aromatic heterocycles. The van der Waals surface area contributed by atoms with E-state index in [4.69, 9.17) is 9.72 Å². The average molecular weight is 498 g/mol. The number of piperazine rings is 1. The van der Waals surface area contributed by atoms with E-state index in [0.717, 1.165) is 56.3 Å². The first kappa shape index (κ1) is 24.5. The Kier molecular flexibility index (Phi) is 8.21. The highest BCUT2D eigenvalue weighted by Crippen LogP contribution is 2.38. The van der Waals surface area contributed by atoms with Crippen LogP contribution in [0, 0.1) is 0 Å². The number of benzene rings is 1. The lowest BCUT2D eigenvalue weighted by atomic mass is 9.83. The first-order chi connectivity index (χ1) is 17.2. The number of methoxy groups -OCH3 is 1. The van der Waals surface area contributed by atoms with Gasteiger partial charge in [0.2, 0.25) is 0 Å². The highest BCUT2D eigenvalue weighted by atomic mass is 32.1. The van der Waals surface area contributed by atoms with Crippen molar-refractivity contribution in [1.82, 2.24) is 19.7 Å². The minimum absolute atomic E-state index is 0.0481. The van der Waals surface area contributed by atoms with Crippen molar-refractivity contribution in [1.29, 1.82) is 0 Å². The molecule has 0 bridgehead atoms. The summed E-state index contributed by atoms with van der Waals surface area (Å²) in [5.41, 5.74) is 3.26. The molecule has 3 heterocycles. The summed E-state index contributed by atoms with van der Waals surface area (Å²) in [6.07, 6.45) is 9.17. The van der Waals surface area contributed by atoms with E-state index in [1.807, 2.05) is 10.3 Å². The van der Waals surface area contributed by atoms with Crippen LogP contribution in [0.15, 0.2) is 23.6 Å². The molecule has 0 radical (unpaired) electrons. The van der Waals surface area contributed by atoms with Gasteiger partial charge in [-0.2, -0.15) is 0 Å². The normalized spacial score (nSPS) is 20.3. The van der Waals surface area contributed by atoms with Gasteiger partial charge in [0.25, 0.3) is 0 Å². The lowest BCUT2D eigenvalue weighted by molar-refractivity contribution is 0.137. The van der Waals surface area contributed by atoms with Crippen molar-refractivity contribution in [2.75, 3.05) is 64.8 Å². The molecule has 2 saturated heterocycles. The van der Waals surface area contributed by atoms with Crippen LogP contribution in [0.3, 0.4) is 0 Å². The van der Waals surface area contributed by atoms with Crippen LogP contribution in [0.2, 0.25) is 0 Å². The molecule has 35 heavy (non-hydrogen) atoms. The predicted octanol–water partition coefficient (Wildman–Crippen LogP) is 5.11. The van der Waals surface area contributed by atoms with Crippen LogP contribution in [0.4, 0.5) is 9.93 Å². The van der Waals surface area contributed by atoms with Gasteiger partial charge >= 0.3 is 6.03 Å². The van der Waals surface area contributed by atoms with Crippen molar-refractivity contribution < 1.29 is 9.53 Å². The van der Waals surface area contributed by atoms with E-state index in [1.165, 1.54) is 74.9 Å². The van der Waals surface area contributed by atoms with Gasteiger partial charge in [0.05, 0.1) is 12.8 Å². The molecule has 0 unspecified atom stereocenters. The highest BCUT2D eigenvalue weighted by molar-refractivity contribution is 7.14. The third kappa shape index (κ3) is 6.16. The molecule has 3 aliphatic rings. The maximum atomic E-state index is 12.9. The molecule has 1 N–H and O–H groups in total. The van der Waals surface area contributed by atoms with Gasteiger partial charge < -0.3 is 14.5 Å². The smallest absolute Gasteiger partial charge is 0.323 e. The number of rotatable bonds is 7. The largest absolute Gasteiger partial charge is 0.496 e. The molecule has 5 rings (SSSR count). The summed E-state index contributed by atoms with van der Waals surface area (Å²) in [7, 11) is 1.71. The summed E-state index contributed by atoms with van der Waals surface area (Å²) in [5, 5.41) is 5.70. The van der Waals surface area contributed by atoms with E-state index in [2.05, 4.69) is 33.3 Å². The minimum atomic E-state index is -0.0481. The van der Waals surface area contributed by atoms with Gasteiger partial charge in [-0.05, 0) is 62.4 Å². The van der Waals surface area contributed by atoms with Crippen molar-refractivity contribution in [2.45, 2.75) is 50.9 Å². The summed E-state index contributed by atoms with van der Waals surface area (Å²) >= 11 is 1.48. The van der Waals surface area contributed by atoms with E-state index in [1.54, 1.807) is 7.11 Å². The van der Waals surface area contributed by atoms with Gasteiger partial charge in [-0.25, -0.2) is 9.78 Å². The molecule has 7 nitrogen and oxygen atoms in total. The van der Waals surface area contributed by atoms with Gasteiger partial charge in [-0.15, -0.1) is 11.3 Å². The van der Waals surface area contributed by atoms with Gasteiger partial charge in [-0.1, -0.05) is 25.3 Å². The zero-order valence-electron chi connectivity index (χ0n) is 21.0. The average Bonchev–Trinajstić information content (AvgIpc) is 3.60. The predicted molar refractivity (Wildman–Crippen MR) is 143 cm³/mol. The molecule has 3 fully saturated rings. The molecule has 2 amide bonds. The van der Waals surface area contributed by atoms with Crippen molar-refractivity contribution in [3.8, 4) is 17.0 Å². The lowest BCUT2D eigenvalue weighted by Crippen LogP contribution is -2.51. The molecule has 1 aromatic carbocycles. The van der Waals surface area contributed by atoms with Gasteiger partial charge in [0.1, 0.15) is 5.75 Å². The van der Waals surface area contributed by atoms with Gasteiger partial charge in [-0.3, -0.25) is 10.2 Å². The molecule has 2 aliphatic heterocycles. The third-order valence-corrected chi connectivity index (χ3v) is 8.64. The zero-order chi connectivity index (χ0) is 24.0. The molecule has 2 aromatic rings. The Morgan fingerprint density at radius 2 is 1.71 bits per heavy atom. The van der Waals surface area contributed by atoms with Gasteiger partial charge in [0, 0.05) is 50.2 Å². The first-order valence-corrected chi connectivity index (χ1v) is 14.2. The maximum absolute atomic E-state index is 12.9. The number of nitrogens with one attached hydrogen (secondary N) is 1. The number of thiazole rings is 1. The zero-order valence-corrected chi connectivity index (χ0v) is 21.8. The van der Waals surface area contributed by atoms with Crippen LogP contribution in [0.1, 0.15) is 56.4 Å². The van der Waals surface area contributed by atoms with Crippen LogP contribution in [0.5, 0.6) is 5.75 Å². The van der Waals surface area contributed by atoms with Crippen molar-refractivity contribution in [3.63, 3.8) is 0 Å². The molecular formula is C27H39N5O2S. The monoisotopic (exact) mass is 497 g/mol. The maximum Gasteiger partial charge on any atom is 0.323 e. The Morgan fingerprint density at radius 3 is 2.43 bits per heavy atom. The molecule has 8 heteroatoms. The van der Waals surface area contributed by atoms with Crippen LogP contribution < -0.4 is 10.1 Å². The highest BCUT2D eigenvalue weighted by Gasteiger charge is 2.23. The second-order valence-electron chi connectivity index (χ2n) is 10.1. The fourth-order valence-electron chi connectivity index (χ4n) is 5.70. The summed E-state index contributed by atoms with van der Waals surface area (Å²) in [4.78, 5) is 24.6. The van der Waals surface area contributed by atoms with Crippen LogP contribution >= 0.6 is 11.3 Å². The second kappa shape index (κ2) is 11.7. The number of likely N-dealkylation sites (tertiary alicyclic amines) is 1. The van der Waals surface area contributed by atoms with E-state index in [9.17, 15) is 4.79 Å². The number of ether oxygens (including phenoxy) is 1.